The molecule has 0 radical (unpaired) electrons. The maximum Gasteiger partial charge on any atom is 0.151 e. The van der Waals surface area contributed by atoms with E-state index in [-0.39, 0.29) is 6.04 Å². The molecule has 4 nitrogen and oxygen atoms in total. The predicted octanol–water partition coefficient (Wildman–Crippen LogP) is 1.03. The first kappa shape index (κ1) is 14.3. The molecule has 106 valence electrons. The molecule has 2 rings (SSSR count). The topological polar surface area (TPSA) is 49.4 Å². The van der Waals surface area contributed by atoms with Crippen LogP contribution in [0.1, 0.15) is 39.5 Å². The molecule has 0 aromatic heterocycles. The van der Waals surface area contributed by atoms with Gasteiger partial charge in [-0.25, -0.2) is 8.42 Å². The molecule has 0 bridgehead atoms. The lowest BCUT2D eigenvalue weighted by Gasteiger charge is -2.43. The van der Waals surface area contributed by atoms with E-state index in [1.165, 1.54) is 0 Å². The van der Waals surface area contributed by atoms with Crippen LogP contribution in [0.3, 0.4) is 0 Å². The van der Waals surface area contributed by atoms with Gasteiger partial charge < -0.3 is 5.32 Å². The van der Waals surface area contributed by atoms with Gasteiger partial charge in [-0.15, -0.1) is 0 Å². The van der Waals surface area contributed by atoms with E-state index in [1.807, 2.05) is 0 Å². The molecule has 2 aliphatic rings. The Hall–Kier alpha value is -0.130. The van der Waals surface area contributed by atoms with Gasteiger partial charge in [-0.2, -0.15) is 0 Å². The number of hydrogen-bond donors (Lipinski definition) is 1. The van der Waals surface area contributed by atoms with Gasteiger partial charge in [0.25, 0.3) is 0 Å². The van der Waals surface area contributed by atoms with Crippen LogP contribution >= 0.6 is 0 Å². The Bertz CT molecular complexity index is 369. The van der Waals surface area contributed by atoms with E-state index in [0.29, 0.717) is 23.6 Å². The summed E-state index contributed by atoms with van der Waals surface area (Å²) in [6.45, 7) is 6.45. The highest BCUT2D eigenvalue weighted by molar-refractivity contribution is 7.91. The van der Waals surface area contributed by atoms with Crippen molar-refractivity contribution < 1.29 is 8.42 Å². The van der Waals surface area contributed by atoms with E-state index in [0.717, 1.165) is 38.8 Å². The second-order valence-electron chi connectivity index (χ2n) is 5.78. The lowest BCUT2D eigenvalue weighted by Crippen LogP contribution is -2.54. The number of hydrogen-bond acceptors (Lipinski definition) is 4. The molecule has 2 aliphatic heterocycles. The highest BCUT2D eigenvalue weighted by Crippen LogP contribution is 2.25. The third-order valence-corrected chi connectivity index (χ3v) is 6.13. The van der Waals surface area contributed by atoms with Gasteiger partial charge >= 0.3 is 0 Å². The zero-order valence-corrected chi connectivity index (χ0v) is 12.4. The van der Waals surface area contributed by atoms with Crippen LogP contribution in [0, 0.1) is 0 Å². The van der Waals surface area contributed by atoms with Crippen LogP contribution in [-0.4, -0.2) is 56.0 Å². The molecule has 0 aromatic carbocycles. The third kappa shape index (κ3) is 3.45. The van der Waals surface area contributed by atoms with Gasteiger partial charge in [-0.1, -0.05) is 6.92 Å². The lowest BCUT2D eigenvalue weighted by atomic mass is 9.95. The molecular formula is C13H26N2O2S. The first-order chi connectivity index (χ1) is 8.52. The number of rotatable bonds is 3. The number of likely N-dealkylation sites (tertiary alicyclic amines) is 1. The van der Waals surface area contributed by atoms with E-state index in [2.05, 4.69) is 24.1 Å². The molecule has 1 N–H and O–H groups in total. The van der Waals surface area contributed by atoms with Crippen LogP contribution in [0.2, 0.25) is 0 Å². The fraction of sp³-hybridized carbons (Fsp3) is 1.00. The Labute approximate surface area is 111 Å². The van der Waals surface area contributed by atoms with Gasteiger partial charge in [-0.3, -0.25) is 4.90 Å². The highest BCUT2D eigenvalue weighted by Gasteiger charge is 2.34. The van der Waals surface area contributed by atoms with Crippen molar-refractivity contribution in [3.05, 3.63) is 0 Å². The number of piperidine rings is 1. The molecule has 2 saturated heterocycles. The summed E-state index contributed by atoms with van der Waals surface area (Å²) in [7, 11) is -2.79. The Balaban J connectivity index is 1.94. The zero-order chi connectivity index (χ0) is 13.2. The van der Waals surface area contributed by atoms with E-state index in [9.17, 15) is 8.42 Å². The Kier molecular flexibility index (Phi) is 4.67. The maximum absolute atomic E-state index is 11.7. The maximum atomic E-state index is 11.7. The van der Waals surface area contributed by atoms with Gasteiger partial charge in [0.2, 0.25) is 0 Å². The van der Waals surface area contributed by atoms with Crippen LogP contribution in [-0.2, 0) is 9.84 Å². The second-order valence-corrected chi connectivity index (χ2v) is 8.00. The van der Waals surface area contributed by atoms with E-state index in [4.69, 9.17) is 0 Å². The fourth-order valence-electron chi connectivity index (χ4n) is 3.47. The van der Waals surface area contributed by atoms with Crippen molar-refractivity contribution in [3.63, 3.8) is 0 Å². The van der Waals surface area contributed by atoms with Crippen molar-refractivity contribution >= 4 is 9.84 Å². The van der Waals surface area contributed by atoms with Gasteiger partial charge in [0.05, 0.1) is 11.5 Å². The zero-order valence-electron chi connectivity index (χ0n) is 11.6. The largest absolute Gasteiger partial charge is 0.314 e. The Morgan fingerprint density at radius 2 is 2.11 bits per heavy atom. The van der Waals surface area contributed by atoms with E-state index in [1.54, 1.807) is 0 Å². The molecule has 0 aliphatic carbocycles. The van der Waals surface area contributed by atoms with Gasteiger partial charge in [0, 0.05) is 24.7 Å². The van der Waals surface area contributed by atoms with E-state index >= 15 is 0 Å². The first-order valence-corrected chi connectivity index (χ1v) is 9.03. The standard InChI is InChI=1S/C13H26N2O2S/c1-3-14-12-6-7-15(11(2)9-12)13-5-4-8-18(16,17)10-13/h11-14H,3-10H2,1-2H3. The summed E-state index contributed by atoms with van der Waals surface area (Å²) in [4.78, 5) is 2.44. The summed E-state index contributed by atoms with van der Waals surface area (Å²) >= 11 is 0. The summed E-state index contributed by atoms with van der Waals surface area (Å²) in [5, 5.41) is 3.51. The minimum atomic E-state index is -2.79. The smallest absolute Gasteiger partial charge is 0.151 e. The van der Waals surface area contributed by atoms with Crippen molar-refractivity contribution in [1.82, 2.24) is 10.2 Å². The molecule has 18 heavy (non-hydrogen) atoms. The summed E-state index contributed by atoms with van der Waals surface area (Å²) in [5.41, 5.74) is 0. The SMILES string of the molecule is CCNC1CCN(C2CCCS(=O)(=O)C2)C(C)C1. The van der Waals surface area contributed by atoms with Crippen LogP contribution in [0.4, 0.5) is 0 Å². The minimum absolute atomic E-state index is 0.265. The van der Waals surface area contributed by atoms with Crippen molar-refractivity contribution in [2.75, 3.05) is 24.6 Å². The molecule has 3 atom stereocenters. The number of nitrogens with zero attached hydrogens (tertiary/aromatic N) is 1. The number of sulfone groups is 1. The summed E-state index contributed by atoms with van der Waals surface area (Å²) in [5.74, 6) is 0.773. The van der Waals surface area contributed by atoms with Crippen LogP contribution in [0.5, 0.6) is 0 Å². The van der Waals surface area contributed by atoms with Gasteiger partial charge in [0.1, 0.15) is 0 Å². The molecule has 5 heteroatoms. The third-order valence-electron chi connectivity index (χ3n) is 4.33. The van der Waals surface area contributed by atoms with Crippen LogP contribution < -0.4 is 5.32 Å². The average molecular weight is 274 g/mol. The Morgan fingerprint density at radius 3 is 2.72 bits per heavy atom. The molecule has 3 unspecified atom stereocenters. The summed E-state index contributed by atoms with van der Waals surface area (Å²) < 4.78 is 23.5. The molecule has 0 aromatic rings. The summed E-state index contributed by atoms with van der Waals surface area (Å²) in [6, 6.07) is 1.38. The quantitative estimate of drug-likeness (QED) is 0.835. The lowest BCUT2D eigenvalue weighted by molar-refractivity contribution is 0.0911. The summed E-state index contributed by atoms with van der Waals surface area (Å²) in [6.07, 6.45) is 4.18. The molecule has 0 spiro atoms. The first-order valence-electron chi connectivity index (χ1n) is 7.21. The van der Waals surface area contributed by atoms with Crippen molar-refractivity contribution in [2.45, 2.75) is 57.7 Å². The average Bonchev–Trinajstić information content (AvgIpc) is 2.28. The predicted molar refractivity (Wildman–Crippen MR) is 74.5 cm³/mol. The van der Waals surface area contributed by atoms with Gasteiger partial charge in [-0.05, 0) is 39.2 Å². The number of nitrogens with one attached hydrogen (secondary N) is 1. The molecule has 0 amide bonds. The molecular weight excluding hydrogens is 248 g/mol. The molecule has 2 heterocycles. The van der Waals surface area contributed by atoms with Crippen molar-refractivity contribution in [1.29, 1.82) is 0 Å². The highest BCUT2D eigenvalue weighted by atomic mass is 32.2. The fourth-order valence-corrected chi connectivity index (χ4v) is 5.18. The Morgan fingerprint density at radius 1 is 1.33 bits per heavy atom. The molecule has 0 saturated carbocycles. The van der Waals surface area contributed by atoms with E-state index < -0.39 is 9.84 Å². The minimum Gasteiger partial charge on any atom is -0.314 e. The normalized spacial score (nSPS) is 37.6. The second kappa shape index (κ2) is 5.88. The molecule has 2 fully saturated rings. The monoisotopic (exact) mass is 274 g/mol. The van der Waals surface area contributed by atoms with Crippen molar-refractivity contribution in [2.24, 2.45) is 0 Å². The van der Waals surface area contributed by atoms with Crippen LogP contribution in [0.25, 0.3) is 0 Å². The van der Waals surface area contributed by atoms with Gasteiger partial charge in [0.15, 0.2) is 9.84 Å². The van der Waals surface area contributed by atoms with Crippen molar-refractivity contribution in [3.8, 4) is 0 Å². The van der Waals surface area contributed by atoms with Crippen LogP contribution in [0.15, 0.2) is 0 Å².